The standard InChI is InChI=1S/C14H25N5O/c1-10(2)14-16-12(18-15)8-13(17-14)19(3)6-7-20-9-11-4-5-11/h8,10-11H,4-7,9,15H2,1-3H3,(H,16,17,18). The van der Waals surface area contributed by atoms with E-state index in [2.05, 4.69) is 34.1 Å². The molecule has 0 spiro atoms. The molecule has 2 rings (SSSR count). The second-order valence-corrected chi connectivity index (χ2v) is 5.71. The molecule has 0 radical (unpaired) electrons. The maximum Gasteiger partial charge on any atom is 0.145 e. The lowest BCUT2D eigenvalue weighted by molar-refractivity contribution is 0.131. The van der Waals surface area contributed by atoms with Crippen LogP contribution in [-0.2, 0) is 4.74 Å². The van der Waals surface area contributed by atoms with Gasteiger partial charge in [0, 0.05) is 32.2 Å². The molecule has 0 aliphatic heterocycles. The minimum Gasteiger partial charge on any atom is -0.379 e. The SMILES string of the molecule is CC(C)c1nc(NN)cc(N(C)CCOCC2CC2)n1. The predicted molar refractivity (Wildman–Crippen MR) is 80.7 cm³/mol. The van der Waals surface area contributed by atoms with Crippen LogP contribution in [0.25, 0.3) is 0 Å². The van der Waals surface area contributed by atoms with Crippen LogP contribution >= 0.6 is 0 Å². The Balaban J connectivity index is 1.92. The van der Waals surface area contributed by atoms with Crippen molar-refractivity contribution >= 4 is 11.6 Å². The monoisotopic (exact) mass is 279 g/mol. The number of anilines is 2. The van der Waals surface area contributed by atoms with Crippen molar-refractivity contribution in [2.24, 2.45) is 11.8 Å². The van der Waals surface area contributed by atoms with Gasteiger partial charge in [-0.25, -0.2) is 15.8 Å². The van der Waals surface area contributed by atoms with Crippen molar-refractivity contribution in [1.82, 2.24) is 9.97 Å². The summed E-state index contributed by atoms with van der Waals surface area (Å²) in [7, 11) is 2.01. The van der Waals surface area contributed by atoms with Crippen LogP contribution < -0.4 is 16.2 Å². The number of rotatable bonds is 8. The topological polar surface area (TPSA) is 76.3 Å². The van der Waals surface area contributed by atoms with Gasteiger partial charge in [-0.1, -0.05) is 13.8 Å². The second-order valence-electron chi connectivity index (χ2n) is 5.71. The molecule has 1 saturated carbocycles. The number of nitrogens with zero attached hydrogens (tertiary/aromatic N) is 3. The van der Waals surface area contributed by atoms with E-state index in [0.717, 1.165) is 37.3 Å². The average molecular weight is 279 g/mol. The molecule has 6 heteroatoms. The van der Waals surface area contributed by atoms with E-state index in [-0.39, 0.29) is 5.92 Å². The Morgan fingerprint density at radius 1 is 1.45 bits per heavy atom. The molecule has 1 aromatic rings. The fraction of sp³-hybridized carbons (Fsp3) is 0.714. The van der Waals surface area contributed by atoms with E-state index < -0.39 is 0 Å². The van der Waals surface area contributed by atoms with Crippen LogP contribution in [0.5, 0.6) is 0 Å². The fourth-order valence-corrected chi connectivity index (χ4v) is 1.83. The summed E-state index contributed by atoms with van der Waals surface area (Å²) in [6, 6.07) is 1.85. The van der Waals surface area contributed by atoms with Crippen molar-refractivity contribution in [2.75, 3.05) is 37.1 Å². The highest BCUT2D eigenvalue weighted by molar-refractivity contribution is 5.48. The Bertz CT molecular complexity index is 434. The normalized spacial score (nSPS) is 14.7. The van der Waals surface area contributed by atoms with E-state index in [4.69, 9.17) is 10.6 Å². The van der Waals surface area contributed by atoms with Crippen LogP contribution in [-0.4, -0.2) is 36.8 Å². The maximum atomic E-state index is 5.66. The molecule has 0 unspecified atom stereocenters. The number of ether oxygens (including phenoxy) is 1. The molecule has 20 heavy (non-hydrogen) atoms. The maximum absolute atomic E-state index is 5.66. The summed E-state index contributed by atoms with van der Waals surface area (Å²) in [5, 5.41) is 0. The van der Waals surface area contributed by atoms with Gasteiger partial charge in [0.15, 0.2) is 0 Å². The number of hydrogen-bond donors (Lipinski definition) is 2. The van der Waals surface area contributed by atoms with Gasteiger partial charge in [0.1, 0.15) is 17.5 Å². The molecule has 1 fully saturated rings. The number of nitrogens with two attached hydrogens (primary N) is 1. The molecule has 0 aromatic carbocycles. The lowest BCUT2D eigenvalue weighted by atomic mass is 10.2. The molecule has 0 atom stereocenters. The van der Waals surface area contributed by atoms with Crippen molar-refractivity contribution in [2.45, 2.75) is 32.6 Å². The lowest BCUT2D eigenvalue weighted by Crippen LogP contribution is -2.25. The largest absolute Gasteiger partial charge is 0.379 e. The molecule has 0 amide bonds. The summed E-state index contributed by atoms with van der Waals surface area (Å²) in [6.45, 7) is 6.56. The Kier molecular flexibility index (Phi) is 5.14. The first-order chi connectivity index (χ1) is 9.60. The number of aromatic nitrogens is 2. The molecule has 1 aliphatic rings. The van der Waals surface area contributed by atoms with Crippen LogP contribution in [0.2, 0.25) is 0 Å². The zero-order valence-electron chi connectivity index (χ0n) is 12.6. The molecule has 1 heterocycles. The zero-order valence-corrected chi connectivity index (χ0v) is 12.6. The smallest absolute Gasteiger partial charge is 0.145 e. The van der Waals surface area contributed by atoms with Gasteiger partial charge in [-0.3, -0.25) is 0 Å². The molecule has 0 bridgehead atoms. The number of hydrazine groups is 1. The van der Waals surface area contributed by atoms with Gasteiger partial charge < -0.3 is 15.1 Å². The third kappa shape index (κ3) is 4.31. The Morgan fingerprint density at radius 3 is 2.80 bits per heavy atom. The summed E-state index contributed by atoms with van der Waals surface area (Å²) in [4.78, 5) is 11.0. The predicted octanol–water partition coefficient (Wildman–Crippen LogP) is 1.75. The van der Waals surface area contributed by atoms with Crippen molar-refractivity contribution in [3.05, 3.63) is 11.9 Å². The van der Waals surface area contributed by atoms with Crippen molar-refractivity contribution in [3.63, 3.8) is 0 Å². The highest BCUT2D eigenvalue weighted by atomic mass is 16.5. The van der Waals surface area contributed by atoms with Crippen LogP contribution in [0.15, 0.2) is 6.07 Å². The molecule has 0 saturated heterocycles. The minimum atomic E-state index is 0.265. The first-order valence-corrected chi connectivity index (χ1v) is 7.24. The van der Waals surface area contributed by atoms with E-state index >= 15 is 0 Å². The molecule has 6 nitrogen and oxygen atoms in total. The first kappa shape index (κ1) is 15.0. The van der Waals surface area contributed by atoms with Gasteiger partial charge in [-0.15, -0.1) is 0 Å². The van der Waals surface area contributed by atoms with Gasteiger partial charge in [0.2, 0.25) is 0 Å². The van der Waals surface area contributed by atoms with Crippen LogP contribution in [0.4, 0.5) is 11.6 Å². The fourth-order valence-electron chi connectivity index (χ4n) is 1.83. The molecule has 3 N–H and O–H groups in total. The number of nitrogens with one attached hydrogen (secondary N) is 1. The van der Waals surface area contributed by atoms with Crippen molar-refractivity contribution in [1.29, 1.82) is 0 Å². The summed E-state index contributed by atoms with van der Waals surface area (Å²) in [5.74, 6) is 8.84. The van der Waals surface area contributed by atoms with Crippen molar-refractivity contribution in [3.8, 4) is 0 Å². The summed E-state index contributed by atoms with van der Waals surface area (Å²) < 4.78 is 5.66. The highest BCUT2D eigenvalue weighted by Crippen LogP contribution is 2.28. The molecule has 1 aliphatic carbocycles. The Morgan fingerprint density at radius 2 is 2.20 bits per heavy atom. The van der Waals surface area contributed by atoms with Crippen LogP contribution in [0.1, 0.15) is 38.4 Å². The van der Waals surface area contributed by atoms with Gasteiger partial charge >= 0.3 is 0 Å². The van der Waals surface area contributed by atoms with E-state index in [1.54, 1.807) is 0 Å². The average Bonchev–Trinajstić information content (AvgIpc) is 3.26. The summed E-state index contributed by atoms with van der Waals surface area (Å²) in [5.41, 5.74) is 2.60. The van der Waals surface area contributed by atoms with Gasteiger partial charge in [-0.05, 0) is 18.8 Å². The third-order valence-electron chi connectivity index (χ3n) is 3.41. The molecular formula is C14H25N5O. The second kappa shape index (κ2) is 6.85. The van der Waals surface area contributed by atoms with E-state index in [0.29, 0.717) is 5.82 Å². The molecular weight excluding hydrogens is 254 g/mol. The number of hydrogen-bond acceptors (Lipinski definition) is 6. The number of nitrogen functional groups attached to an aromatic ring is 1. The van der Waals surface area contributed by atoms with E-state index in [9.17, 15) is 0 Å². The Labute approximate surface area is 120 Å². The van der Waals surface area contributed by atoms with Crippen LogP contribution in [0.3, 0.4) is 0 Å². The number of likely N-dealkylation sites (N-methyl/N-ethyl adjacent to an activating group) is 1. The van der Waals surface area contributed by atoms with Gasteiger partial charge in [-0.2, -0.15) is 0 Å². The zero-order chi connectivity index (χ0) is 14.5. The first-order valence-electron chi connectivity index (χ1n) is 7.24. The molecule has 112 valence electrons. The van der Waals surface area contributed by atoms with Gasteiger partial charge in [0.25, 0.3) is 0 Å². The highest BCUT2D eigenvalue weighted by Gasteiger charge is 2.21. The molecule has 1 aromatic heterocycles. The van der Waals surface area contributed by atoms with Crippen LogP contribution in [0, 0.1) is 5.92 Å². The lowest BCUT2D eigenvalue weighted by Gasteiger charge is -2.20. The minimum absolute atomic E-state index is 0.265. The van der Waals surface area contributed by atoms with Gasteiger partial charge in [0.05, 0.1) is 6.61 Å². The van der Waals surface area contributed by atoms with E-state index in [1.807, 2.05) is 13.1 Å². The third-order valence-corrected chi connectivity index (χ3v) is 3.41. The summed E-state index contributed by atoms with van der Waals surface area (Å²) >= 11 is 0. The quantitative estimate of drug-likeness (QED) is 0.429. The summed E-state index contributed by atoms with van der Waals surface area (Å²) in [6.07, 6.45) is 2.65. The van der Waals surface area contributed by atoms with E-state index in [1.165, 1.54) is 12.8 Å². The Hall–Kier alpha value is -1.40. The van der Waals surface area contributed by atoms with Crippen molar-refractivity contribution < 1.29 is 4.74 Å².